The molecule has 0 aliphatic rings. The summed E-state index contributed by atoms with van der Waals surface area (Å²) in [7, 11) is 0. The number of rotatable bonds is 1. The van der Waals surface area contributed by atoms with Crippen molar-refractivity contribution in [1.29, 1.82) is 0 Å². The van der Waals surface area contributed by atoms with Crippen LogP contribution in [-0.4, -0.2) is 20.0 Å². The number of nitrogens with zero attached hydrogens (tertiary/aromatic N) is 4. The lowest BCUT2D eigenvalue weighted by Crippen LogP contribution is -2.00. The van der Waals surface area contributed by atoms with Gasteiger partial charge in [-0.3, -0.25) is 4.98 Å². The highest BCUT2D eigenvalue weighted by molar-refractivity contribution is 5.32. The highest BCUT2D eigenvalue weighted by Crippen LogP contribution is 2.07. The Kier molecular flexibility index (Phi) is 3.97. The van der Waals surface area contributed by atoms with Crippen LogP contribution in [0.3, 0.4) is 0 Å². The Labute approximate surface area is 90.0 Å². The first kappa shape index (κ1) is 11.4. The molecule has 0 bridgehead atoms. The van der Waals surface area contributed by atoms with Gasteiger partial charge in [-0.25, -0.2) is 0 Å². The monoisotopic (exact) mass is 204 g/mol. The Morgan fingerprint density at radius 3 is 1.87 bits per heavy atom. The Morgan fingerprint density at radius 2 is 1.40 bits per heavy atom. The molecule has 2 rings (SSSR count). The summed E-state index contributed by atoms with van der Waals surface area (Å²) in [6, 6.07) is 3.90. The van der Waals surface area contributed by atoms with Crippen LogP contribution in [0.2, 0.25) is 0 Å². The molecular formula is C11H16N4. The van der Waals surface area contributed by atoms with Crippen molar-refractivity contribution in [2.45, 2.75) is 27.7 Å². The Bertz CT molecular complexity index is 386. The minimum absolute atomic E-state index is 0.954. The van der Waals surface area contributed by atoms with Crippen molar-refractivity contribution in [3.8, 4) is 5.69 Å². The molecule has 0 fully saturated rings. The van der Waals surface area contributed by atoms with E-state index >= 15 is 0 Å². The van der Waals surface area contributed by atoms with Crippen LogP contribution < -0.4 is 0 Å². The van der Waals surface area contributed by atoms with Gasteiger partial charge in [0.1, 0.15) is 0 Å². The Hall–Kier alpha value is -1.71. The lowest BCUT2D eigenvalue weighted by molar-refractivity contribution is 0.748. The molecule has 0 saturated carbocycles. The highest BCUT2D eigenvalue weighted by Gasteiger charge is 1.99. The van der Waals surface area contributed by atoms with Gasteiger partial charge in [-0.05, 0) is 26.0 Å². The summed E-state index contributed by atoms with van der Waals surface area (Å²) >= 11 is 0. The van der Waals surface area contributed by atoms with Crippen LogP contribution in [0.5, 0.6) is 0 Å². The number of aryl methyl sites for hydroxylation is 2. The maximum atomic E-state index is 4.28. The molecule has 0 spiro atoms. The van der Waals surface area contributed by atoms with Crippen molar-refractivity contribution >= 4 is 0 Å². The summed E-state index contributed by atoms with van der Waals surface area (Å²) in [6.45, 7) is 7.92. The molecule has 0 unspecified atom stereocenters. The molecule has 2 aromatic rings. The zero-order valence-corrected chi connectivity index (χ0v) is 9.60. The predicted octanol–water partition coefficient (Wildman–Crippen LogP) is 2.31. The van der Waals surface area contributed by atoms with Crippen molar-refractivity contribution in [2.24, 2.45) is 0 Å². The Morgan fingerprint density at radius 1 is 0.933 bits per heavy atom. The predicted molar refractivity (Wildman–Crippen MR) is 60.0 cm³/mol. The molecule has 2 heterocycles. The van der Waals surface area contributed by atoms with E-state index in [4.69, 9.17) is 0 Å². The zero-order valence-electron chi connectivity index (χ0n) is 9.60. The molecule has 80 valence electrons. The minimum atomic E-state index is 0.954. The molecular weight excluding hydrogens is 188 g/mol. The van der Waals surface area contributed by atoms with Crippen molar-refractivity contribution in [1.82, 2.24) is 20.0 Å². The van der Waals surface area contributed by atoms with Crippen LogP contribution in [0.15, 0.2) is 24.5 Å². The van der Waals surface area contributed by atoms with Crippen LogP contribution in [-0.2, 0) is 0 Å². The third-order valence-corrected chi connectivity index (χ3v) is 1.72. The van der Waals surface area contributed by atoms with E-state index in [1.165, 1.54) is 0 Å². The minimum Gasteiger partial charge on any atom is -0.258 e. The van der Waals surface area contributed by atoms with Gasteiger partial charge in [0.15, 0.2) is 0 Å². The number of hydrogen-bond donors (Lipinski definition) is 0. The highest BCUT2D eigenvalue weighted by atomic mass is 15.5. The average molecular weight is 204 g/mol. The number of pyridine rings is 1. The SMILES string of the molecule is CC.Cc1cc(-n2nccn2)cc(C)n1. The standard InChI is InChI=1S/C9H10N4.C2H6/c1-7-5-9(6-8(2)12-7)13-10-3-4-11-13;1-2/h3-6H,1-2H3;1-2H3. The molecule has 2 aromatic heterocycles. The largest absolute Gasteiger partial charge is 0.258 e. The van der Waals surface area contributed by atoms with Gasteiger partial charge in [0.05, 0.1) is 18.1 Å². The van der Waals surface area contributed by atoms with E-state index in [9.17, 15) is 0 Å². The average Bonchev–Trinajstić information content (AvgIpc) is 2.72. The topological polar surface area (TPSA) is 43.6 Å². The third-order valence-electron chi connectivity index (χ3n) is 1.72. The zero-order chi connectivity index (χ0) is 11.3. The molecule has 4 nitrogen and oxygen atoms in total. The molecule has 0 radical (unpaired) electrons. The van der Waals surface area contributed by atoms with E-state index in [-0.39, 0.29) is 0 Å². The first-order valence-electron chi connectivity index (χ1n) is 5.08. The van der Waals surface area contributed by atoms with Gasteiger partial charge < -0.3 is 0 Å². The van der Waals surface area contributed by atoms with Crippen LogP contribution in [0.1, 0.15) is 25.2 Å². The van der Waals surface area contributed by atoms with E-state index in [0.717, 1.165) is 17.1 Å². The van der Waals surface area contributed by atoms with Gasteiger partial charge in [0.25, 0.3) is 0 Å². The fraction of sp³-hybridized carbons (Fsp3) is 0.364. The van der Waals surface area contributed by atoms with Gasteiger partial charge in [-0.2, -0.15) is 15.0 Å². The van der Waals surface area contributed by atoms with E-state index in [2.05, 4.69) is 15.2 Å². The molecule has 0 atom stereocenters. The maximum Gasteiger partial charge on any atom is 0.0892 e. The third kappa shape index (κ3) is 2.87. The summed E-state index contributed by atoms with van der Waals surface area (Å²) in [6.07, 6.45) is 3.32. The van der Waals surface area contributed by atoms with Gasteiger partial charge in [0.2, 0.25) is 0 Å². The normalized spacial score (nSPS) is 9.33. The summed E-state index contributed by atoms with van der Waals surface area (Å²) < 4.78 is 0. The lowest BCUT2D eigenvalue weighted by atomic mass is 10.3. The molecule has 4 heteroatoms. The fourth-order valence-corrected chi connectivity index (χ4v) is 1.28. The molecule has 15 heavy (non-hydrogen) atoms. The van der Waals surface area contributed by atoms with Crippen molar-refractivity contribution in [3.63, 3.8) is 0 Å². The van der Waals surface area contributed by atoms with Crippen LogP contribution in [0.4, 0.5) is 0 Å². The molecule has 0 N–H and O–H groups in total. The summed E-state index contributed by atoms with van der Waals surface area (Å²) in [5, 5.41) is 8.09. The van der Waals surface area contributed by atoms with Crippen molar-refractivity contribution in [2.75, 3.05) is 0 Å². The van der Waals surface area contributed by atoms with Crippen molar-refractivity contribution in [3.05, 3.63) is 35.9 Å². The summed E-state index contributed by atoms with van der Waals surface area (Å²) in [4.78, 5) is 5.86. The van der Waals surface area contributed by atoms with Crippen LogP contribution >= 0.6 is 0 Å². The van der Waals surface area contributed by atoms with Gasteiger partial charge >= 0.3 is 0 Å². The second-order valence-electron chi connectivity index (χ2n) is 2.93. The van der Waals surface area contributed by atoms with Crippen molar-refractivity contribution < 1.29 is 0 Å². The lowest BCUT2D eigenvalue weighted by Gasteiger charge is -2.01. The maximum absolute atomic E-state index is 4.28. The summed E-state index contributed by atoms with van der Waals surface area (Å²) in [5.41, 5.74) is 2.91. The van der Waals surface area contributed by atoms with Gasteiger partial charge in [-0.1, -0.05) is 13.8 Å². The quantitative estimate of drug-likeness (QED) is 0.716. The first-order chi connectivity index (χ1) is 7.25. The second-order valence-corrected chi connectivity index (χ2v) is 2.93. The van der Waals surface area contributed by atoms with Gasteiger partial charge in [-0.15, -0.1) is 0 Å². The fourth-order valence-electron chi connectivity index (χ4n) is 1.28. The summed E-state index contributed by atoms with van der Waals surface area (Å²) in [5.74, 6) is 0. The van der Waals surface area contributed by atoms with Crippen LogP contribution in [0.25, 0.3) is 5.69 Å². The molecule has 0 aromatic carbocycles. The smallest absolute Gasteiger partial charge is 0.0892 e. The molecule has 0 aliphatic carbocycles. The number of hydrogen-bond acceptors (Lipinski definition) is 3. The molecule has 0 amide bonds. The van der Waals surface area contributed by atoms with E-state index in [0.29, 0.717) is 0 Å². The second kappa shape index (κ2) is 5.24. The van der Waals surface area contributed by atoms with E-state index in [1.54, 1.807) is 17.2 Å². The molecule has 0 saturated heterocycles. The first-order valence-corrected chi connectivity index (χ1v) is 5.08. The van der Waals surface area contributed by atoms with E-state index in [1.807, 2.05) is 39.8 Å². The number of aromatic nitrogens is 4. The Balaban J connectivity index is 0.000000531. The van der Waals surface area contributed by atoms with Gasteiger partial charge in [0, 0.05) is 11.4 Å². The molecule has 0 aliphatic heterocycles. The van der Waals surface area contributed by atoms with Crippen LogP contribution in [0, 0.1) is 13.8 Å². The van der Waals surface area contributed by atoms with E-state index < -0.39 is 0 Å².